The van der Waals surface area contributed by atoms with Gasteiger partial charge < -0.3 is 10.2 Å². The molecule has 0 radical (unpaired) electrons. The molecule has 2 nitrogen and oxygen atoms in total. The lowest BCUT2D eigenvalue weighted by Gasteiger charge is -2.36. The van der Waals surface area contributed by atoms with Gasteiger partial charge in [0.25, 0.3) is 0 Å². The van der Waals surface area contributed by atoms with Gasteiger partial charge in [-0.3, -0.25) is 0 Å². The first-order valence-electron chi connectivity index (χ1n) is 8.21. The lowest BCUT2D eigenvalue weighted by atomic mass is 9.99. The molecule has 2 aromatic rings. The second-order valence-electron chi connectivity index (χ2n) is 6.28. The Morgan fingerprint density at radius 2 is 1.95 bits per heavy atom. The van der Waals surface area contributed by atoms with Crippen molar-refractivity contribution in [3.8, 4) is 0 Å². The molecule has 1 fully saturated rings. The third-order valence-electron chi connectivity index (χ3n) is 4.69. The van der Waals surface area contributed by atoms with Gasteiger partial charge in [-0.05, 0) is 61.7 Å². The van der Waals surface area contributed by atoms with Crippen molar-refractivity contribution in [3.63, 3.8) is 0 Å². The molecule has 2 atom stereocenters. The fraction of sp³-hybridized carbons (Fsp3) is 0.421. The molecule has 2 aromatic carbocycles. The van der Waals surface area contributed by atoms with Gasteiger partial charge in [-0.15, -0.1) is 0 Å². The van der Waals surface area contributed by atoms with E-state index in [0.717, 1.165) is 11.7 Å². The normalized spacial score (nSPS) is 19.9. The minimum absolute atomic E-state index is 0.215. The van der Waals surface area contributed by atoms with Gasteiger partial charge in [-0.2, -0.15) is 0 Å². The predicted octanol–water partition coefficient (Wildman–Crippen LogP) is 4.65. The summed E-state index contributed by atoms with van der Waals surface area (Å²) in [7, 11) is 0. The van der Waals surface area contributed by atoms with Gasteiger partial charge >= 0.3 is 0 Å². The van der Waals surface area contributed by atoms with Crippen LogP contribution in [0.25, 0.3) is 10.8 Å². The Labute approximate surface area is 138 Å². The molecule has 0 saturated carbocycles. The zero-order valence-corrected chi connectivity index (χ0v) is 14.2. The molecule has 0 spiro atoms. The number of benzene rings is 2. The van der Waals surface area contributed by atoms with E-state index in [1.807, 2.05) is 0 Å². The summed E-state index contributed by atoms with van der Waals surface area (Å²) in [6.07, 6.45) is 3.80. The van der Waals surface area contributed by atoms with Crippen LogP contribution < -0.4 is 5.32 Å². The second kappa shape index (κ2) is 6.66. The lowest BCUT2D eigenvalue weighted by Crippen LogP contribution is -2.47. The number of nitrogens with one attached hydrogen (secondary N) is 1. The van der Waals surface area contributed by atoms with Gasteiger partial charge in [0.2, 0.25) is 0 Å². The van der Waals surface area contributed by atoms with Crippen LogP contribution in [0.1, 0.15) is 44.7 Å². The predicted molar refractivity (Wildman–Crippen MR) is 98.1 cm³/mol. The van der Waals surface area contributed by atoms with Gasteiger partial charge in [-0.1, -0.05) is 42.5 Å². The van der Waals surface area contributed by atoms with Gasteiger partial charge in [0.05, 0.1) is 6.04 Å². The molecule has 1 aliphatic rings. The fourth-order valence-electron chi connectivity index (χ4n) is 3.37. The fourth-order valence-corrected chi connectivity index (χ4v) is 3.82. The molecular weight excluding hydrogens is 288 g/mol. The summed E-state index contributed by atoms with van der Waals surface area (Å²) in [5.74, 6) is 0. The zero-order chi connectivity index (χ0) is 15.5. The molecule has 0 aromatic heterocycles. The van der Waals surface area contributed by atoms with Crippen LogP contribution in [-0.2, 0) is 0 Å². The van der Waals surface area contributed by atoms with Crippen LogP contribution in [0.5, 0.6) is 0 Å². The highest BCUT2D eigenvalue weighted by Crippen LogP contribution is 2.25. The monoisotopic (exact) mass is 312 g/mol. The first-order valence-corrected chi connectivity index (χ1v) is 8.62. The Morgan fingerprint density at radius 3 is 2.77 bits per heavy atom. The Hall–Kier alpha value is -1.61. The van der Waals surface area contributed by atoms with E-state index in [-0.39, 0.29) is 6.04 Å². The van der Waals surface area contributed by atoms with Gasteiger partial charge in [0, 0.05) is 12.6 Å². The number of rotatable bonds is 2. The average molecular weight is 312 g/mol. The molecule has 116 valence electrons. The van der Waals surface area contributed by atoms with Gasteiger partial charge in [-0.25, -0.2) is 0 Å². The topological polar surface area (TPSA) is 15.3 Å². The Balaban J connectivity index is 1.78. The maximum Gasteiger partial charge on any atom is 0.169 e. The van der Waals surface area contributed by atoms with Crippen LogP contribution in [0, 0.1) is 0 Å². The first kappa shape index (κ1) is 15.3. The van der Waals surface area contributed by atoms with E-state index in [1.165, 1.54) is 35.6 Å². The highest BCUT2D eigenvalue weighted by Gasteiger charge is 2.22. The average Bonchev–Trinajstić information content (AvgIpc) is 2.54. The van der Waals surface area contributed by atoms with E-state index in [0.29, 0.717) is 6.04 Å². The van der Waals surface area contributed by atoms with Crippen LogP contribution in [0.15, 0.2) is 42.5 Å². The Morgan fingerprint density at radius 1 is 1.18 bits per heavy atom. The van der Waals surface area contributed by atoms with Crippen molar-refractivity contribution in [1.29, 1.82) is 0 Å². The van der Waals surface area contributed by atoms with Crippen molar-refractivity contribution in [1.82, 2.24) is 10.2 Å². The molecular formula is C19H24N2S. The maximum absolute atomic E-state index is 5.66. The van der Waals surface area contributed by atoms with Crippen molar-refractivity contribution < 1.29 is 0 Å². The molecule has 1 saturated heterocycles. The van der Waals surface area contributed by atoms with Crippen molar-refractivity contribution >= 4 is 28.1 Å². The van der Waals surface area contributed by atoms with Crippen molar-refractivity contribution in [2.45, 2.75) is 45.2 Å². The van der Waals surface area contributed by atoms with E-state index >= 15 is 0 Å². The highest BCUT2D eigenvalue weighted by atomic mass is 32.1. The number of fused-ring (bicyclic) bond motifs is 1. The lowest BCUT2D eigenvalue weighted by molar-refractivity contribution is 0.254. The summed E-state index contributed by atoms with van der Waals surface area (Å²) >= 11 is 5.66. The van der Waals surface area contributed by atoms with Crippen LogP contribution in [0.3, 0.4) is 0 Å². The molecule has 0 unspecified atom stereocenters. The Bertz CT molecular complexity index is 662. The SMILES string of the molecule is C[C@@H]1CCCCN1C(=S)N[C@H](C)c1cccc2ccccc12. The summed E-state index contributed by atoms with van der Waals surface area (Å²) < 4.78 is 0. The third-order valence-corrected chi connectivity index (χ3v) is 5.05. The Kier molecular flexibility index (Phi) is 4.63. The summed E-state index contributed by atoms with van der Waals surface area (Å²) in [6, 6.07) is 15.8. The molecule has 0 bridgehead atoms. The van der Waals surface area contributed by atoms with Crippen LogP contribution >= 0.6 is 12.2 Å². The summed E-state index contributed by atoms with van der Waals surface area (Å²) in [5.41, 5.74) is 1.31. The quantitative estimate of drug-likeness (QED) is 0.813. The highest BCUT2D eigenvalue weighted by molar-refractivity contribution is 7.80. The minimum atomic E-state index is 0.215. The van der Waals surface area contributed by atoms with E-state index in [4.69, 9.17) is 12.2 Å². The third kappa shape index (κ3) is 3.09. The van der Waals surface area contributed by atoms with Crippen molar-refractivity contribution in [3.05, 3.63) is 48.0 Å². The number of hydrogen-bond donors (Lipinski definition) is 1. The van der Waals surface area contributed by atoms with E-state index in [9.17, 15) is 0 Å². The number of hydrogen-bond acceptors (Lipinski definition) is 1. The largest absolute Gasteiger partial charge is 0.356 e. The summed E-state index contributed by atoms with van der Waals surface area (Å²) in [4.78, 5) is 2.35. The second-order valence-corrected chi connectivity index (χ2v) is 6.66. The number of likely N-dealkylation sites (tertiary alicyclic amines) is 1. The van der Waals surface area contributed by atoms with E-state index in [1.54, 1.807) is 0 Å². The van der Waals surface area contributed by atoms with Crippen molar-refractivity contribution in [2.24, 2.45) is 0 Å². The standard InChI is InChI=1S/C19H24N2S/c1-14-8-5-6-13-21(14)19(22)20-15(2)17-12-7-10-16-9-3-4-11-18(16)17/h3-4,7,9-12,14-15H,5-6,8,13H2,1-2H3,(H,20,22)/t14-,15-/m1/s1. The summed E-state index contributed by atoms with van der Waals surface area (Å²) in [5, 5.41) is 7.03. The van der Waals surface area contributed by atoms with E-state index in [2.05, 4.69) is 66.5 Å². The van der Waals surface area contributed by atoms with Crippen LogP contribution in [0.4, 0.5) is 0 Å². The molecule has 1 heterocycles. The maximum atomic E-state index is 5.66. The summed E-state index contributed by atoms with van der Waals surface area (Å²) in [6.45, 7) is 5.55. The molecule has 22 heavy (non-hydrogen) atoms. The van der Waals surface area contributed by atoms with Crippen LogP contribution in [0.2, 0.25) is 0 Å². The molecule has 0 aliphatic carbocycles. The molecule has 3 rings (SSSR count). The number of thiocarbonyl (C=S) groups is 1. The molecule has 1 aliphatic heterocycles. The molecule has 1 N–H and O–H groups in total. The van der Waals surface area contributed by atoms with Crippen LogP contribution in [-0.4, -0.2) is 22.6 Å². The zero-order valence-electron chi connectivity index (χ0n) is 13.4. The smallest absolute Gasteiger partial charge is 0.169 e. The number of piperidine rings is 1. The van der Waals surface area contributed by atoms with Crippen molar-refractivity contribution in [2.75, 3.05) is 6.54 Å². The minimum Gasteiger partial charge on any atom is -0.356 e. The van der Waals surface area contributed by atoms with Gasteiger partial charge in [0.1, 0.15) is 0 Å². The van der Waals surface area contributed by atoms with E-state index < -0.39 is 0 Å². The molecule has 0 amide bonds. The number of nitrogens with zero attached hydrogens (tertiary/aromatic N) is 1. The first-order chi connectivity index (χ1) is 10.7. The van der Waals surface area contributed by atoms with Gasteiger partial charge in [0.15, 0.2) is 5.11 Å². The molecule has 3 heteroatoms.